The Morgan fingerprint density at radius 3 is 2.59 bits per heavy atom. The average molecular weight is 240 g/mol. The monoisotopic (exact) mass is 240 g/mol. The highest BCUT2D eigenvalue weighted by Gasteiger charge is 2.28. The van der Waals surface area contributed by atoms with Gasteiger partial charge < -0.3 is 10.2 Å². The molecule has 1 aliphatic rings. The normalized spacial score (nSPS) is 30.2. The maximum Gasteiger partial charge on any atom is 0.0105 e. The second kappa shape index (κ2) is 7.38. The number of hydrogen-bond acceptors (Lipinski definition) is 2. The minimum absolute atomic E-state index is 0.743. The Balaban J connectivity index is 2.35. The molecule has 0 bridgehead atoms. The molecule has 0 aromatic rings. The van der Waals surface area contributed by atoms with Crippen LogP contribution in [-0.2, 0) is 0 Å². The van der Waals surface area contributed by atoms with Crippen LogP contribution in [0, 0.1) is 17.8 Å². The van der Waals surface area contributed by atoms with E-state index in [0.29, 0.717) is 0 Å². The molecule has 2 nitrogen and oxygen atoms in total. The van der Waals surface area contributed by atoms with Crippen molar-refractivity contribution in [2.24, 2.45) is 17.8 Å². The zero-order chi connectivity index (χ0) is 12.8. The molecule has 1 aliphatic carbocycles. The fourth-order valence-corrected chi connectivity index (χ4v) is 3.05. The van der Waals surface area contributed by atoms with E-state index in [0.717, 1.165) is 23.8 Å². The summed E-state index contributed by atoms with van der Waals surface area (Å²) in [5.41, 5.74) is 0. The van der Waals surface area contributed by atoms with E-state index in [2.05, 4.69) is 45.1 Å². The van der Waals surface area contributed by atoms with E-state index in [1.807, 2.05) is 0 Å². The smallest absolute Gasteiger partial charge is 0.0105 e. The summed E-state index contributed by atoms with van der Waals surface area (Å²) < 4.78 is 0. The third kappa shape index (κ3) is 5.39. The zero-order valence-electron chi connectivity index (χ0n) is 12.5. The topological polar surface area (TPSA) is 15.3 Å². The second-order valence-corrected chi connectivity index (χ2v) is 6.52. The fourth-order valence-electron chi connectivity index (χ4n) is 3.05. The largest absolute Gasteiger partial charge is 0.317 e. The number of rotatable bonds is 6. The summed E-state index contributed by atoms with van der Waals surface area (Å²) in [6, 6.07) is 0.743. The Labute approximate surface area is 108 Å². The minimum atomic E-state index is 0.743. The lowest BCUT2D eigenvalue weighted by atomic mass is 9.78. The van der Waals surface area contributed by atoms with E-state index in [-0.39, 0.29) is 0 Å². The van der Waals surface area contributed by atoms with Gasteiger partial charge >= 0.3 is 0 Å². The summed E-state index contributed by atoms with van der Waals surface area (Å²) in [5.74, 6) is 2.59. The number of nitrogens with one attached hydrogen (secondary N) is 1. The second-order valence-electron chi connectivity index (χ2n) is 6.52. The highest BCUT2D eigenvalue weighted by atomic mass is 15.1. The molecular weight excluding hydrogens is 208 g/mol. The van der Waals surface area contributed by atoms with E-state index in [4.69, 9.17) is 0 Å². The first kappa shape index (κ1) is 15.0. The summed E-state index contributed by atoms with van der Waals surface area (Å²) in [7, 11) is 4.41. The maximum absolute atomic E-state index is 3.52. The lowest BCUT2D eigenvalue weighted by molar-refractivity contribution is 0.162. The average Bonchev–Trinajstić information content (AvgIpc) is 2.27. The third-order valence-electron chi connectivity index (χ3n) is 4.25. The quantitative estimate of drug-likeness (QED) is 0.768. The van der Waals surface area contributed by atoms with Crippen molar-refractivity contribution in [2.45, 2.75) is 52.5 Å². The van der Waals surface area contributed by atoms with E-state index in [1.165, 1.54) is 38.8 Å². The Bertz CT molecular complexity index is 203. The molecule has 3 unspecified atom stereocenters. The van der Waals surface area contributed by atoms with Gasteiger partial charge in [0.2, 0.25) is 0 Å². The molecule has 2 heteroatoms. The molecular formula is C15H32N2. The fraction of sp³-hybridized carbons (Fsp3) is 1.00. The molecule has 0 amide bonds. The van der Waals surface area contributed by atoms with Crippen molar-refractivity contribution in [2.75, 3.05) is 27.2 Å². The molecule has 1 fully saturated rings. The number of nitrogens with zero attached hydrogens (tertiary/aromatic N) is 1. The van der Waals surface area contributed by atoms with Crippen LogP contribution in [-0.4, -0.2) is 38.1 Å². The van der Waals surface area contributed by atoms with E-state index < -0.39 is 0 Å². The molecule has 0 spiro atoms. The van der Waals surface area contributed by atoms with Crippen molar-refractivity contribution >= 4 is 0 Å². The van der Waals surface area contributed by atoms with Crippen LogP contribution in [0.1, 0.15) is 46.5 Å². The summed E-state index contributed by atoms with van der Waals surface area (Å²) in [4.78, 5) is 2.53. The minimum Gasteiger partial charge on any atom is -0.317 e. The van der Waals surface area contributed by atoms with E-state index >= 15 is 0 Å². The van der Waals surface area contributed by atoms with Crippen LogP contribution in [0.2, 0.25) is 0 Å². The predicted octanol–water partition coefficient (Wildman–Crippen LogP) is 2.99. The third-order valence-corrected chi connectivity index (χ3v) is 4.25. The molecule has 1 rings (SSSR count). The first-order valence-electron chi connectivity index (χ1n) is 7.38. The van der Waals surface area contributed by atoms with Gasteiger partial charge in [-0.05, 0) is 64.1 Å². The van der Waals surface area contributed by atoms with Crippen LogP contribution in [0.25, 0.3) is 0 Å². The Kier molecular flexibility index (Phi) is 6.50. The maximum atomic E-state index is 3.52. The lowest BCUT2D eigenvalue weighted by Crippen LogP contribution is -2.43. The van der Waals surface area contributed by atoms with Crippen molar-refractivity contribution < 1.29 is 0 Å². The van der Waals surface area contributed by atoms with E-state index in [1.54, 1.807) is 0 Å². The van der Waals surface area contributed by atoms with Gasteiger partial charge in [0, 0.05) is 12.6 Å². The lowest BCUT2D eigenvalue weighted by Gasteiger charge is -2.37. The summed E-state index contributed by atoms with van der Waals surface area (Å²) >= 11 is 0. The van der Waals surface area contributed by atoms with Crippen LogP contribution in [0.5, 0.6) is 0 Å². The Morgan fingerprint density at radius 2 is 2.00 bits per heavy atom. The first-order valence-corrected chi connectivity index (χ1v) is 7.38. The van der Waals surface area contributed by atoms with Crippen molar-refractivity contribution in [3.63, 3.8) is 0 Å². The van der Waals surface area contributed by atoms with Gasteiger partial charge in [-0.15, -0.1) is 0 Å². The molecule has 0 aliphatic heterocycles. The van der Waals surface area contributed by atoms with Crippen molar-refractivity contribution in [3.8, 4) is 0 Å². The van der Waals surface area contributed by atoms with Gasteiger partial charge in [0.05, 0.1) is 0 Å². The van der Waals surface area contributed by atoms with Crippen LogP contribution in [0.4, 0.5) is 0 Å². The Hall–Kier alpha value is -0.0800. The van der Waals surface area contributed by atoms with Gasteiger partial charge in [0.15, 0.2) is 0 Å². The Morgan fingerprint density at radius 1 is 1.29 bits per heavy atom. The van der Waals surface area contributed by atoms with Crippen LogP contribution < -0.4 is 5.32 Å². The standard InChI is InChI=1S/C15H32N2/c1-12(2)8-9-17(5)11-14-10-13(3)6-7-15(14)16-4/h12-16H,6-11H2,1-5H3. The van der Waals surface area contributed by atoms with Crippen LogP contribution >= 0.6 is 0 Å². The summed E-state index contributed by atoms with van der Waals surface area (Å²) in [6.07, 6.45) is 5.48. The first-order chi connectivity index (χ1) is 8.02. The highest BCUT2D eigenvalue weighted by Crippen LogP contribution is 2.29. The molecule has 0 aromatic heterocycles. The molecule has 0 radical (unpaired) electrons. The highest BCUT2D eigenvalue weighted by molar-refractivity contribution is 4.84. The van der Waals surface area contributed by atoms with Crippen LogP contribution in [0.3, 0.4) is 0 Å². The molecule has 3 atom stereocenters. The summed E-state index contributed by atoms with van der Waals surface area (Å²) in [5, 5.41) is 3.52. The van der Waals surface area contributed by atoms with Crippen molar-refractivity contribution in [3.05, 3.63) is 0 Å². The molecule has 1 N–H and O–H groups in total. The molecule has 102 valence electrons. The molecule has 0 heterocycles. The summed E-state index contributed by atoms with van der Waals surface area (Å²) in [6.45, 7) is 9.55. The predicted molar refractivity (Wildman–Crippen MR) is 76.3 cm³/mol. The SMILES string of the molecule is CNC1CCC(C)CC1CN(C)CCC(C)C. The molecule has 0 saturated heterocycles. The zero-order valence-corrected chi connectivity index (χ0v) is 12.5. The van der Waals surface area contributed by atoms with E-state index in [9.17, 15) is 0 Å². The number of hydrogen-bond donors (Lipinski definition) is 1. The van der Waals surface area contributed by atoms with Crippen LogP contribution in [0.15, 0.2) is 0 Å². The van der Waals surface area contributed by atoms with Gasteiger partial charge in [0.25, 0.3) is 0 Å². The van der Waals surface area contributed by atoms with Crippen molar-refractivity contribution in [1.29, 1.82) is 0 Å². The molecule has 17 heavy (non-hydrogen) atoms. The van der Waals surface area contributed by atoms with Gasteiger partial charge in [-0.2, -0.15) is 0 Å². The van der Waals surface area contributed by atoms with Gasteiger partial charge in [0.1, 0.15) is 0 Å². The van der Waals surface area contributed by atoms with Gasteiger partial charge in [-0.25, -0.2) is 0 Å². The van der Waals surface area contributed by atoms with Crippen molar-refractivity contribution in [1.82, 2.24) is 10.2 Å². The molecule has 0 aromatic carbocycles. The molecule has 1 saturated carbocycles. The van der Waals surface area contributed by atoms with Gasteiger partial charge in [-0.1, -0.05) is 20.8 Å². The van der Waals surface area contributed by atoms with Gasteiger partial charge in [-0.3, -0.25) is 0 Å².